The van der Waals surface area contributed by atoms with E-state index in [0.717, 1.165) is 25.7 Å². The summed E-state index contributed by atoms with van der Waals surface area (Å²) in [4.78, 5) is 4.01. The molecule has 0 aromatic carbocycles. The monoisotopic (exact) mass is 316 g/mol. The fourth-order valence-electron chi connectivity index (χ4n) is 2.77. The van der Waals surface area contributed by atoms with Crippen LogP contribution in [0.15, 0.2) is 23.4 Å². The van der Waals surface area contributed by atoms with Crippen LogP contribution in [0.4, 0.5) is 0 Å². The molecular weight excluding hydrogens is 296 g/mol. The van der Waals surface area contributed by atoms with Gasteiger partial charge in [0, 0.05) is 25.5 Å². The molecule has 0 aliphatic carbocycles. The first kappa shape index (κ1) is 15.7. The molecule has 1 saturated heterocycles. The highest BCUT2D eigenvalue weighted by molar-refractivity contribution is 7.89. The molecule has 1 unspecified atom stereocenters. The first-order valence-corrected chi connectivity index (χ1v) is 8.97. The minimum absolute atomic E-state index is 0.121. The first-order chi connectivity index (χ1) is 9.55. The summed E-state index contributed by atoms with van der Waals surface area (Å²) in [5.74, 6) is 0.643. The number of halogens is 1. The van der Waals surface area contributed by atoms with Crippen LogP contribution in [0.3, 0.4) is 0 Å². The standard InChI is InChI=1S/C14H21ClN2O2S/c1-2-4-12-5-3-9-17(10-7-12)20(18,19)14-11-16-8-6-13(14)15/h6,8,11-12H,2-5,7,9-10H2,1H3. The van der Waals surface area contributed by atoms with Crippen molar-refractivity contribution in [2.45, 2.75) is 43.9 Å². The molecule has 112 valence electrons. The highest BCUT2D eigenvalue weighted by atomic mass is 35.5. The Morgan fingerprint density at radius 3 is 2.90 bits per heavy atom. The molecule has 0 bridgehead atoms. The number of pyridine rings is 1. The van der Waals surface area contributed by atoms with Crippen LogP contribution in [0.2, 0.25) is 5.02 Å². The topological polar surface area (TPSA) is 50.3 Å². The fraction of sp³-hybridized carbons (Fsp3) is 0.643. The second-order valence-corrected chi connectivity index (χ2v) is 7.61. The molecule has 0 amide bonds. The Morgan fingerprint density at radius 2 is 2.20 bits per heavy atom. The van der Waals surface area contributed by atoms with Gasteiger partial charge in [0.2, 0.25) is 10.0 Å². The van der Waals surface area contributed by atoms with Crippen molar-refractivity contribution in [1.29, 1.82) is 0 Å². The SMILES string of the molecule is CCCC1CCCN(S(=O)(=O)c2cnccc2Cl)CC1. The molecule has 0 N–H and O–H groups in total. The van der Waals surface area contributed by atoms with Gasteiger partial charge in [-0.1, -0.05) is 31.4 Å². The second kappa shape index (κ2) is 6.87. The molecule has 0 radical (unpaired) electrons. The van der Waals surface area contributed by atoms with E-state index in [1.54, 1.807) is 4.31 Å². The minimum Gasteiger partial charge on any atom is -0.263 e. The van der Waals surface area contributed by atoms with Gasteiger partial charge in [-0.2, -0.15) is 4.31 Å². The highest BCUT2D eigenvalue weighted by Gasteiger charge is 2.29. The molecule has 20 heavy (non-hydrogen) atoms. The lowest BCUT2D eigenvalue weighted by molar-refractivity contribution is 0.400. The molecule has 1 fully saturated rings. The van der Waals surface area contributed by atoms with Gasteiger partial charge < -0.3 is 0 Å². The summed E-state index contributed by atoms with van der Waals surface area (Å²) in [6.45, 7) is 3.33. The summed E-state index contributed by atoms with van der Waals surface area (Å²) in [6, 6.07) is 1.52. The summed E-state index contributed by atoms with van der Waals surface area (Å²) >= 11 is 6.00. The first-order valence-electron chi connectivity index (χ1n) is 7.15. The van der Waals surface area contributed by atoms with Gasteiger partial charge in [-0.25, -0.2) is 8.42 Å². The number of sulfonamides is 1. The summed E-state index contributed by atoms with van der Waals surface area (Å²) in [6.07, 6.45) is 8.15. The molecule has 0 spiro atoms. The van der Waals surface area contributed by atoms with Gasteiger partial charge >= 0.3 is 0 Å². The Labute approximate surface area is 126 Å². The van der Waals surface area contributed by atoms with E-state index in [-0.39, 0.29) is 9.92 Å². The second-order valence-electron chi connectivity index (χ2n) is 5.30. The third-order valence-corrected chi connectivity index (χ3v) is 6.22. The van der Waals surface area contributed by atoms with Gasteiger partial charge in [0.05, 0.1) is 5.02 Å². The largest absolute Gasteiger partial charge is 0.263 e. The van der Waals surface area contributed by atoms with E-state index in [4.69, 9.17) is 11.6 Å². The summed E-state index contributed by atoms with van der Waals surface area (Å²) in [5.41, 5.74) is 0. The Bertz CT molecular complexity index is 548. The van der Waals surface area contributed by atoms with Crippen LogP contribution in [-0.2, 0) is 10.0 Å². The van der Waals surface area contributed by atoms with Crippen LogP contribution in [0, 0.1) is 5.92 Å². The molecule has 2 rings (SSSR count). The Morgan fingerprint density at radius 1 is 1.40 bits per heavy atom. The lowest BCUT2D eigenvalue weighted by Crippen LogP contribution is -2.32. The molecular formula is C14H21ClN2O2S. The summed E-state index contributed by atoms with van der Waals surface area (Å²) in [5, 5.41) is 0.245. The minimum atomic E-state index is -3.52. The van der Waals surface area contributed by atoms with E-state index in [1.165, 1.54) is 24.9 Å². The molecule has 1 aromatic rings. The van der Waals surface area contributed by atoms with Crippen molar-refractivity contribution in [3.8, 4) is 0 Å². The zero-order valence-electron chi connectivity index (χ0n) is 11.8. The van der Waals surface area contributed by atoms with Crippen molar-refractivity contribution in [1.82, 2.24) is 9.29 Å². The Kier molecular flexibility index (Phi) is 5.41. The number of nitrogens with zero attached hydrogens (tertiary/aromatic N) is 2. The van der Waals surface area contributed by atoms with Gasteiger partial charge in [-0.05, 0) is 31.2 Å². The maximum absolute atomic E-state index is 12.6. The molecule has 6 heteroatoms. The average Bonchev–Trinajstić information content (AvgIpc) is 2.65. The predicted octanol–water partition coefficient (Wildman–Crippen LogP) is 3.33. The van der Waals surface area contributed by atoms with Crippen molar-refractivity contribution in [2.24, 2.45) is 5.92 Å². The lowest BCUT2D eigenvalue weighted by atomic mass is 9.96. The predicted molar refractivity (Wildman–Crippen MR) is 80.3 cm³/mol. The lowest BCUT2D eigenvalue weighted by Gasteiger charge is -2.20. The third kappa shape index (κ3) is 3.51. The Balaban J connectivity index is 2.16. The van der Waals surface area contributed by atoms with Crippen molar-refractivity contribution in [3.63, 3.8) is 0 Å². The van der Waals surface area contributed by atoms with Gasteiger partial charge in [-0.15, -0.1) is 0 Å². The van der Waals surface area contributed by atoms with E-state index < -0.39 is 10.0 Å². The van der Waals surface area contributed by atoms with Crippen LogP contribution >= 0.6 is 11.6 Å². The molecule has 1 aromatic heterocycles. The van der Waals surface area contributed by atoms with Gasteiger partial charge in [0.15, 0.2) is 0 Å². The highest BCUT2D eigenvalue weighted by Crippen LogP contribution is 2.28. The molecule has 0 saturated carbocycles. The van der Waals surface area contributed by atoms with E-state index in [0.29, 0.717) is 19.0 Å². The smallest absolute Gasteiger partial charge is 0.246 e. The quantitative estimate of drug-likeness (QED) is 0.856. The van der Waals surface area contributed by atoms with Crippen LogP contribution in [0.1, 0.15) is 39.0 Å². The van der Waals surface area contributed by atoms with Crippen molar-refractivity contribution in [3.05, 3.63) is 23.5 Å². The van der Waals surface area contributed by atoms with Crippen molar-refractivity contribution < 1.29 is 8.42 Å². The molecule has 2 heterocycles. The molecule has 1 atom stereocenters. The zero-order valence-corrected chi connectivity index (χ0v) is 13.3. The number of rotatable bonds is 4. The van der Waals surface area contributed by atoms with Crippen LogP contribution < -0.4 is 0 Å². The summed E-state index contributed by atoms with van der Waals surface area (Å²) in [7, 11) is -3.52. The molecule has 1 aliphatic rings. The maximum atomic E-state index is 12.6. The number of aromatic nitrogens is 1. The van der Waals surface area contributed by atoms with Crippen LogP contribution in [-0.4, -0.2) is 30.8 Å². The number of hydrogen-bond donors (Lipinski definition) is 0. The van der Waals surface area contributed by atoms with Crippen LogP contribution in [0.25, 0.3) is 0 Å². The van der Waals surface area contributed by atoms with E-state index in [2.05, 4.69) is 11.9 Å². The van der Waals surface area contributed by atoms with E-state index in [9.17, 15) is 8.42 Å². The Hall–Kier alpha value is -0.650. The van der Waals surface area contributed by atoms with Crippen LogP contribution in [0.5, 0.6) is 0 Å². The molecule has 1 aliphatic heterocycles. The van der Waals surface area contributed by atoms with Gasteiger partial charge in [0.1, 0.15) is 4.90 Å². The summed E-state index contributed by atoms with van der Waals surface area (Å²) < 4.78 is 26.8. The van der Waals surface area contributed by atoms with E-state index >= 15 is 0 Å². The van der Waals surface area contributed by atoms with Gasteiger partial charge in [-0.3, -0.25) is 4.98 Å². The third-order valence-electron chi connectivity index (χ3n) is 3.86. The van der Waals surface area contributed by atoms with Crippen molar-refractivity contribution in [2.75, 3.05) is 13.1 Å². The van der Waals surface area contributed by atoms with Crippen molar-refractivity contribution >= 4 is 21.6 Å². The van der Waals surface area contributed by atoms with Gasteiger partial charge in [0.25, 0.3) is 0 Å². The normalized spacial score (nSPS) is 21.6. The number of hydrogen-bond acceptors (Lipinski definition) is 3. The maximum Gasteiger partial charge on any atom is 0.246 e. The average molecular weight is 317 g/mol. The van der Waals surface area contributed by atoms with E-state index in [1.807, 2.05) is 0 Å². The molecule has 4 nitrogen and oxygen atoms in total. The fourth-order valence-corrected chi connectivity index (χ4v) is 4.67. The zero-order chi connectivity index (χ0) is 14.6.